The number of carbonyl (C=O) groups excluding carboxylic acids is 1. The van der Waals surface area contributed by atoms with Crippen molar-refractivity contribution in [1.82, 2.24) is 14.8 Å². The number of hydrogen-bond donors (Lipinski definition) is 1. The number of pyridine rings is 1. The van der Waals surface area contributed by atoms with E-state index in [0.29, 0.717) is 41.6 Å². The van der Waals surface area contributed by atoms with Crippen molar-refractivity contribution in [3.63, 3.8) is 0 Å². The van der Waals surface area contributed by atoms with Gasteiger partial charge in [0.1, 0.15) is 11.7 Å². The molecule has 1 atom stereocenters. The monoisotopic (exact) mass is 587 g/mol. The molecule has 0 amide bonds. The number of ether oxygens (including phenoxy) is 1. The average Bonchev–Trinajstić information content (AvgIpc) is 3.05. The fourth-order valence-corrected chi connectivity index (χ4v) is 5.89. The van der Waals surface area contributed by atoms with Crippen LogP contribution in [0.5, 0.6) is 0 Å². The van der Waals surface area contributed by atoms with Gasteiger partial charge in [-0.1, -0.05) is 91.0 Å². The second kappa shape index (κ2) is 13.2. The Labute approximate surface area is 258 Å². The molecular weight excluding hydrogens is 550 g/mol. The number of para-hydroxylation sites is 1. The molecule has 1 aromatic heterocycles. The van der Waals surface area contributed by atoms with Crippen LogP contribution in [0.15, 0.2) is 102 Å². The molecule has 4 aromatic rings. The minimum absolute atomic E-state index is 0.250. The summed E-state index contributed by atoms with van der Waals surface area (Å²) in [5, 5.41) is 11.5. The lowest BCUT2D eigenvalue weighted by atomic mass is 9.91. The fourth-order valence-electron chi connectivity index (χ4n) is 5.89. The summed E-state index contributed by atoms with van der Waals surface area (Å²) < 4.78 is 5.55. The lowest BCUT2D eigenvalue weighted by Gasteiger charge is -2.41. The molecule has 44 heavy (non-hydrogen) atoms. The summed E-state index contributed by atoms with van der Waals surface area (Å²) in [6.45, 7) is 7.81. The van der Waals surface area contributed by atoms with Crippen molar-refractivity contribution in [2.24, 2.45) is 4.99 Å². The molecule has 224 valence electrons. The molecule has 0 spiro atoms. The summed E-state index contributed by atoms with van der Waals surface area (Å²) in [6, 6.07) is 29.8. The van der Waals surface area contributed by atoms with Gasteiger partial charge in [0.2, 0.25) is 6.35 Å². The van der Waals surface area contributed by atoms with Crippen LogP contribution in [0.2, 0.25) is 0 Å². The summed E-state index contributed by atoms with van der Waals surface area (Å²) >= 11 is 0. The molecule has 0 radical (unpaired) electrons. The maximum Gasteiger partial charge on any atom is 0.340 e. The number of aromatic nitrogens is 1. The highest BCUT2D eigenvalue weighted by Gasteiger charge is 2.38. The van der Waals surface area contributed by atoms with Crippen molar-refractivity contribution < 1.29 is 14.6 Å². The first-order chi connectivity index (χ1) is 21.5. The van der Waals surface area contributed by atoms with Crippen molar-refractivity contribution in [3.8, 4) is 11.1 Å². The number of aliphatic imine (C=N–C) groups is 1. The number of hydrogen-bond acceptors (Lipinski definition) is 8. The number of amidine groups is 1. The van der Waals surface area contributed by atoms with Gasteiger partial charge in [-0.15, -0.1) is 0 Å². The maximum atomic E-state index is 13.5. The largest absolute Gasteiger partial charge is 0.462 e. The first-order valence-corrected chi connectivity index (χ1v) is 15.1. The topological polar surface area (TPSA) is 81.5 Å². The molecule has 1 unspecified atom stereocenters. The number of anilines is 2. The molecule has 1 N–H and O–H groups in total. The van der Waals surface area contributed by atoms with Gasteiger partial charge in [-0.2, -0.15) is 0 Å². The van der Waals surface area contributed by atoms with Crippen molar-refractivity contribution >= 4 is 29.4 Å². The van der Waals surface area contributed by atoms with Gasteiger partial charge in [-0.3, -0.25) is 9.80 Å². The van der Waals surface area contributed by atoms with Gasteiger partial charge in [-0.25, -0.2) is 14.8 Å². The molecule has 1 saturated heterocycles. The Morgan fingerprint density at radius 3 is 2.20 bits per heavy atom. The van der Waals surface area contributed by atoms with E-state index in [0.717, 1.165) is 36.4 Å². The molecular formula is C36H37N5O3. The second-order valence-electron chi connectivity index (χ2n) is 10.8. The lowest BCUT2D eigenvalue weighted by Crippen LogP contribution is -2.51. The van der Waals surface area contributed by atoms with Crippen LogP contribution in [0.4, 0.5) is 11.5 Å². The van der Waals surface area contributed by atoms with Crippen LogP contribution in [0.25, 0.3) is 17.2 Å². The summed E-state index contributed by atoms with van der Waals surface area (Å²) in [7, 11) is 0. The van der Waals surface area contributed by atoms with Crippen LogP contribution in [0.1, 0.15) is 34.1 Å². The zero-order valence-corrected chi connectivity index (χ0v) is 25.1. The van der Waals surface area contributed by atoms with Crippen LogP contribution in [0.3, 0.4) is 0 Å². The van der Waals surface area contributed by atoms with Crippen molar-refractivity contribution in [2.45, 2.75) is 20.2 Å². The van der Waals surface area contributed by atoms with Gasteiger partial charge in [0.25, 0.3) is 0 Å². The highest BCUT2D eigenvalue weighted by Crippen LogP contribution is 2.42. The quantitative estimate of drug-likeness (QED) is 0.276. The first-order valence-electron chi connectivity index (χ1n) is 15.1. The number of benzene rings is 3. The zero-order chi connectivity index (χ0) is 30.5. The van der Waals surface area contributed by atoms with E-state index in [-0.39, 0.29) is 6.61 Å². The Morgan fingerprint density at radius 2 is 1.55 bits per heavy atom. The van der Waals surface area contributed by atoms with E-state index in [2.05, 4.69) is 34.1 Å². The number of esters is 1. The molecule has 6 rings (SSSR count). The standard InChI is InChI=1S/C36H37N5O3/c1-3-44-35(42)30-26(2)37-34-32(31(30)28-17-9-5-10-18-28)33(38-36(43)41(34)29-19-11-6-12-20-29)40-24-22-39(23-25-40)21-13-16-27-14-7-4-8-15-27/h4-20,36,43H,3,21-25H2,1-2H3. The van der Waals surface area contributed by atoms with Crippen molar-refractivity contribution in [3.05, 3.63) is 119 Å². The number of carbonyl (C=O) groups is 1. The molecule has 8 nitrogen and oxygen atoms in total. The minimum Gasteiger partial charge on any atom is -0.462 e. The van der Waals surface area contributed by atoms with Crippen LogP contribution >= 0.6 is 0 Å². The van der Waals surface area contributed by atoms with Gasteiger partial charge in [0, 0.05) is 44.0 Å². The Bertz CT molecular complexity index is 1650. The highest BCUT2D eigenvalue weighted by atomic mass is 16.5. The molecule has 2 aliphatic rings. The number of piperazine rings is 1. The summed E-state index contributed by atoms with van der Waals surface area (Å²) in [5.74, 6) is 0.772. The number of rotatable bonds is 7. The zero-order valence-electron chi connectivity index (χ0n) is 25.1. The number of aliphatic hydroxyl groups excluding tert-OH is 1. The van der Waals surface area contributed by atoms with E-state index in [1.807, 2.05) is 85.8 Å². The van der Waals surface area contributed by atoms with Gasteiger partial charge in [0.05, 0.1) is 23.4 Å². The Balaban J connectivity index is 1.41. The van der Waals surface area contributed by atoms with Crippen LogP contribution in [0, 0.1) is 6.92 Å². The van der Waals surface area contributed by atoms with E-state index in [1.165, 1.54) is 5.56 Å². The summed E-state index contributed by atoms with van der Waals surface area (Å²) in [6.07, 6.45) is 3.17. The van der Waals surface area contributed by atoms with E-state index < -0.39 is 12.3 Å². The third-order valence-electron chi connectivity index (χ3n) is 8.00. The van der Waals surface area contributed by atoms with Crippen molar-refractivity contribution in [1.29, 1.82) is 0 Å². The molecule has 0 aliphatic carbocycles. The molecule has 0 saturated carbocycles. The normalized spacial score (nSPS) is 17.0. The van der Waals surface area contributed by atoms with Crippen LogP contribution in [-0.4, -0.2) is 77.4 Å². The molecule has 8 heteroatoms. The van der Waals surface area contributed by atoms with E-state index >= 15 is 0 Å². The van der Waals surface area contributed by atoms with E-state index in [9.17, 15) is 9.90 Å². The van der Waals surface area contributed by atoms with E-state index in [4.69, 9.17) is 14.7 Å². The van der Waals surface area contributed by atoms with Crippen molar-refractivity contribution in [2.75, 3.05) is 44.2 Å². The predicted octanol–water partition coefficient (Wildman–Crippen LogP) is 5.74. The minimum atomic E-state index is -1.18. The Morgan fingerprint density at radius 1 is 0.909 bits per heavy atom. The average molecular weight is 588 g/mol. The van der Waals surface area contributed by atoms with Crippen LogP contribution < -0.4 is 4.90 Å². The molecule has 2 aliphatic heterocycles. The molecule has 0 bridgehead atoms. The SMILES string of the molecule is CCOC(=O)c1c(C)nc2c(c1-c1ccccc1)C(N1CCN(CC=Cc3ccccc3)CC1)=NC(O)N2c1ccccc1. The summed E-state index contributed by atoms with van der Waals surface area (Å²) in [4.78, 5) is 29.7. The Hall–Kier alpha value is -4.79. The van der Waals surface area contributed by atoms with Gasteiger partial charge < -0.3 is 14.7 Å². The molecule has 1 fully saturated rings. The third-order valence-corrected chi connectivity index (χ3v) is 8.00. The number of nitrogens with zero attached hydrogens (tertiary/aromatic N) is 5. The fraction of sp³-hybridized carbons (Fsp3) is 0.250. The third kappa shape index (κ3) is 6.00. The second-order valence-corrected chi connectivity index (χ2v) is 10.8. The van der Waals surface area contributed by atoms with Gasteiger partial charge in [0.15, 0.2) is 0 Å². The highest BCUT2D eigenvalue weighted by molar-refractivity contribution is 6.14. The first kappa shape index (κ1) is 29.3. The smallest absolute Gasteiger partial charge is 0.340 e. The molecule has 3 heterocycles. The number of aryl methyl sites for hydroxylation is 1. The number of aliphatic hydroxyl groups is 1. The Kier molecular flexibility index (Phi) is 8.81. The number of fused-ring (bicyclic) bond motifs is 1. The lowest BCUT2D eigenvalue weighted by molar-refractivity contribution is 0.0526. The van der Waals surface area contributed by atoms with Gasteiger partial charge in [-0.05, 0) is 37.1 Å². The van der Waals surface area contributed by atoms with Crippen LogP contribution in [-0.2, 0) is 4.74 Å². The maximum absolute atomic E-state index is 13.5. The van der Waals surface area contributed by atoms with E-state index in [1.54, 1.807) is 11.8 Å². The summed E-state index contributed by atoms with van der Waals surface area (Å²) in [5.41, 5.74) is 5.18. The predicted molar refractivity (Wildman–Crippen MR) is 175 cm³/mol. The molecule has 3 aromatic carbocycles. The van der Waals surface area contributed by atoms with Gasteiger partial charge >= 0.3 is 5.97 Å².